The van der Waals surface area contributed by atoms with E-state index in [0.717, 1.165) is 0 Å². The van der Waals surface area contributed by atoms with Gasteiger partial charge in [-0.3, -0.25) is 4.79 Å². The lowest BCUT2D eigenvalue weighted by molar-refractivity contribution is -0.128. The summed E-state index contributed by atoms with van der Waals surface area (Å²) in [5, 5.41) is 14.8. The van der Waals surface area contributed by atoms with E-state index in [1.54, 1.807) is 33.9 Å². The van der Waals surface area contributed by atoms with Crippen molar-refractivity contribution in [3.63, 3.8) is 0 Å². The van der Waals surface area contributed by atoms with E-state index in [-0.39, 0.29) is 45.9 Å². The number of benzene rings is 1. The third kappa shape index (κ3) is 5.07. The Bertz CT molecular complexity index is 1690. The summed E-state index contributed by atoms with van der Waals surface area (Å²) in [6.07, 6.45) is 4.42. The summed E-state index contributed by atoms with van der Waals surface area (Å²) in [6, 6.07) is 13.8. The second-order valence-corrected chi connectivity index (χ2v) is 10.5. The number of ether oxygens (including phenoxy) is 2. The fraction of sp³-hybridized carbons (Fsp3) is 0.310. The molecule has 0 spiro atoms. The van der Waals surface area contributed by atoms with Crippen LogP contribution in [0.25, 0.3) is 22.3 Å². The summed E-state index contributed by atoms with van der Waals surface area (Å²) in [5.74, 6) is -0.350. The smallest absolute Gasteiger partial charge is 0.264 e. The number of nitrogens with zero attached hydrogens (tertiary/aromatic N) is 7. The minimum Gasteiger partial charge on any atom is -0.439 e. The van der Waals surface area contributed by atoms with Gasteiger partial charge in [0, 0.05) is 24.6 Å². The molecule has 1 atom stereocenters. The number of carbonyl (C=O) groups excluding carboxylic acids is 1. The first-order valence-corrected chi connectivity index (χ1v) is 13.2. The van der Waals surface area contributed by atoms with Crippen LogP contribution in [-0.4, -0.2) is 61.8 Å². The first-order valence-electron chi connectivity index (χ1n) is 13.2. The number of nitrogen functional groups attached to an aromatic ring is 1. The average Bonchev–Trinajstić information content (AvgIpc) is 3.36. The van der Waals surface area contributed by atoms with Gasteiger partial charge in [-0.05, 0) is 31.0 Å². The lowest BCUT2D eigenvalue weighted by Gasteiger charge is -2.36. The van der Waals surface area contributed by atoms with Gasteiger partial charge < -0.3 is 20.1 Å². The van der Waals surface area contributed by atoms with Gasteiger partial charge in [0.1, 0.15) is 35.2 Å². The molecule has 0 saturated carbocycles. The third-order valence-corrected chi connectivity index (χ3v) is 7.30. The zero-order valence-corrected chi connectivity index (χ0v) is 22.3. The van der Waals surface area contributed by atoms with Gasteiger partial charge in [0.25, 0.3) is 5.91 Å². The average molecular weight is 555 g/mol. The standard InChI is InChI=1S/C29H27FN8O3/c1-29(15-40-16-29)12-18(13-31)28(39)37-11-5-6-19(14-37)38-27-23(26(32)33-17-34-27)24(36-38)21-9-10-22(35-25(21)30)41-20-7-3-2-4-8-20/h2-4,7-10,12,17,19H,5-6,11,14-16H2,1H3,(H2,32,33,34)/t19-/m1/s1. The summed E-state index contributed by atoms with van der Waals surface area (Å²) in [6.45, 7) is 3.71. The van der Waals surface area contributed by atoms with Crippen molar-refractivity contribution in [2.24, 2.45) is 5.41 Å². The molecule has 2 N–H and O–H groups in total. The van der Waals surface area contributed by atoms with Gasteiger partial charge in [0.2, 0.25) is 11.8 Å². The Balaban J connectivity index is 1.32. The van der Waals surface area contributed by atoms with Gasteiger partial charge in [0.15, 0.2) is 5.65 Å². The predicted octanol–water partition coefficient (Wildman–Crippen LogP) is 4.05. The molecule has 4 aromatic rings. The molecule has 2 aliphatic rings. The minimum atomic E-state index is -0.786. The number of hydrogen-bond donors (Lipinski definition) is 1. The number of rotatable bonds is 6. The van der Waals surface area contributed by atoms with Crippen LogP contribution in [0.15, 0.2) is 60.4 Å². The predicted molar refractivity (Wildman–Crippen MR) is 147 cm³/mol. The molecule has 11 nitrogen and oxygen atoms in total. The molecule has 0 unspecified atom stereocenters. The molecule has 2 fully saturated rings. The Morgan fingerprint density at radius 3 is 2.76 bits per heavy atom. The number of pyridine rings is 1. The van der Waals surface area contributed by atoms with Crippen LogP contribution >= 0.6 is 0 Å². The molecule has 2 saturated heterocycles. The summed E-state index contributed by atoms with van der Waals surface area (Å²) in [5.41, 5.74) is 6.80. The number of nitrogens with two attached hydrogens (primary N) is 1. The Morgan fingerprint density at radius 2 is 2.05 bits per heavy atom. The fourth-order valence-electron chi connectivity index (χ4n) is 5.21. The van der Waals surface area contributed by atoms with E-state index in [1.165, 1.54) is 12.4 Å². The van der Waals surface area contributed by atoms with Crippen LogP contribution in [0, 0.1) is 22.7 Å². The number of fused-ring (bicyclic) bond motifs is 1. The van der Waals surface area contributed by atoms with Crippen molar-refractivity contribution in [1.82, 2.24) is 29.6 Å². The van der Waals surface area contributed by atoms with E-state index in [4.69, 9.17) is 20.3 Å². The van der Waals surface area contributed by atoms with Gasteiger partial charge in [-0.1, -0.05) is 31.2 Å². The maximum atomic E-state index is 15.4. The maximum absolute atomic E-state index is 15.4. The van der Waals surface area contributed by atoms with E-state index in [2.05, 4.69) is 21.0 Å². The van der Waals surface area contributed by atoms with Gasteiger partial charge >= 0.3 is 0 Å². The number of likely N-dealkylation sites (tertiary alicyclic amines) is 1. The third-order valence-electron chi connectivity index (χ3n) is 7.30. The summed E-state index contributed by atoms with van der Waals surface area (Å²) in [7, 11) is 0. The Hall–Kier alpha value is -4.89. The van der Waals surface area contributed by atoms with Gasteiger partial charge in [0.05, 0.1) is 30.2 Å². The van der Waals surface area contributed by atoms with Gasteiger partial charge in [-0.2, -0.15) is 19.7 Å². The van der Waals surface area contributed by atoms with E-state index < -0.39 is 5.95 Å². The van der Waals surface area contributed by atoms with Crippen molar-refractivity contribution in [2.75, 3.05) is 32.0 Å². The monoisotopic (exact) mass is 554 g/mol. The topological polar surface area (TPSA) is 145 Å². The largest absolute Gasteiger partial charge is 0.439 e. The van der Waals surface area contributed by atoms with Crippen molar-refractivity contribution in [2.45, 2.75) is 25.8 Å². The van der Waals surface area contributed by atoms with Crippen LogP contribution in [0.2, 0.25) is 0 Å². The SMILES string of the molecule is CC1(C=C(C#N)C(=O)N2CCC[C@@H](n3nc(-c4ccc(Oc5ccccc5)nc4F)c4c(N)ncnc43)C2)COC1. The molecule has 2 aliphatic heterocycles. The van der Waals surface area contributed by atoms with Crippen LogP contribution < -0.4 is 10.5 Å². The summed E-state index contributed by atoms with van der Waals surface area (Å²) in [4.78, 5) is 27.5. The Morgan fingerprint density at radius 1 is 1.24 bits per heavy atom. The fourth-order valence-corrected chi connectivity index (χ4v) is 5.21. The normalized spacial score (nSPS) is 18.5. The number of para-hydroxylation sites is 1. The number of piperidine rings is 1. The summed E-state index contributed by atoms with van der Waals surface area (Å²) >= 11 is 0. The highest BCUT2D eigenvalue weighted by atomic mass is 19.1. The summed E-state index contributed by atoms with van der Waals surface area (Å²) < 4.78 is 28.0. The van der Waals surface area contributed by atoms with E-state index >= 15 is 4.39 Å². The van der Waals surface area contributed by atoms with E-state index in [0.29, 0.717) is 55.9 Å². The molecule has 0 bridgehead atoms. The molecule has 0 aliphatic carbocycles. The molecular weight excluding hydrogens is 527 g/mol. The van der Waals surface area contributed by atoms with Crippen molar-refractivity contribution in [3.05, 3.63) is 66.4 Å². The first-order chi connectivity index (χ1) is 19.8. The Labute approximate surface area is 235 Å². The number of halogens is 1. The quantitative estimate of drug-likeness (QED) is 0.212. The van der Waals surface area contributed by atoms with E-state index in [9.17, 15) is 10.1 Å². The lowest BCUT2D eigenvalue weighted by Crippen LogP contribution is -2.43. The highest BCUT2D eigenvalue weighted by Crippen LogP contribution is 2.36. The van der Waals surface area contributed by atoms with E-state index in [1.807, 2.05) is 25.1 Å². The highest BCUT2D eigenvalue weighted by molar-refractivity contribution is 5.99. The van der Waals surface area contributed by atoms with Crippen molar-refractivity contribution in [3.8, 4) is 29.0 Å². The second-order valence-electron chi connectivity index (χ2n) is 10.5. The number of amides is 1. The maximum Gasteiger partial charge on any atom is 0.264 e. The van der Waals surface area contributed by atoms with Crippen LogP contribution in [0.3, 0.4) is 0 Å². The van der Waals surface area contributed by atoms with Crippen LogP contribution in [0.4, 0.5) is 10.2 Å². The second kappa shape index (κ2) is 10.6. The van der Waals surface area contributed by atoms with Crippen LogP contribution in [0.5, 0.6) is 11.6 Å². The number of anilines is 1. The molecule has 1 aromatic carbocycles. The van der Waals surface area contributed by atoms with Crippen molar-refractivity contribution >= 4 is 22.8 Å². The molecule has 1 amide bonds. The molecule has 3 aromatic heterocycles. The zero-order valence-electron chi connectivity index (χ0n) is 22.3. The zero-order chi connectivity index (χ0) is 28.6. The van der Waals surface area contributed by atoms with Crippen LogP contribution in [0.1, 0.15) is 25.8 Å². The van der Waals surface area contributed by atoms with Gasteiger partial charge in [-0.25, -0.2) is 14.6 Å². The molecule has 5 heterocycles. The first kappa shape index (κ1) is 26.3. The number of hydrogen-bond acceptors (Lipinski definition) is 9. The van der Waals surface area contributed by atoms with Gasteiger partial charge in [-0.15, -0.1) is 0 Å². The molecule has 41 heavy (non-hydrogen) atoms. The van der Waals surface area contributed by atoms with Crippen molar-refractivity contribution < 1.29 is 18.7 Å². The molecule has 6 rings (SSSR count). The molecule has 208 valence electrons. The molecule has 12 heteroatoms. The van der Waals surface area contributed by atoms with Crippen molar-refractivity contribution in [1.29, 1.82) is 5.26 Å². The number of nitriles is 1. The lowest BCUT2D eigenvalue weighted by atomic mass is 9.86. The Kier molecular flexibility index (Phi) is 6.80. The minimum absolute atomic E-state index is 0.0931. The van der Waals surface area contributed by atoms with Crippen LogP contribution in [-0.2, 0) is 9.53 Å². The number of carbonyl (C=O) groups is 1. The highest BCUT2D eigenvalue weighted by Gasteiger charge is 2.35. The number of aromatic nitrogens is 5. The molecular formula is C29H27FN8O3. The molecule has 0 radical (unpaired) electrons.